The number of hydrogen-bond acceptors (Lipinski definition) is 3. The first-order valence-corrected chi connectivity index (χ1v) is 9.01. The fraction of sp³-hybridized carbons (Fsp3) is 0.941. The number of likely N-dealkylation sites (N-methyl/N-ethyl adjacent to an activating group) is 1. The highest BCUT2D eigenvalue weighted by Gasteiger charge is 2.42. The number of nitrogens with one attached hydrogen (secondary N) is 1. The molecule has 2 heterocycles. The van der Waals surface area contributed by atoms with Crippen LogP contribution in [0, 0.1) is 0 Å². The number of carbonyl (C=O) groups is 1. The Morgan fingerprint density at radius 2 is 2.00 bits per heavy atom. The molecule has 0 aliphatic carbocycles. The summed E-state index contributed by atoms with van der Waals surface area (Å²) in [5.41, 5.74) is 0. The fourth-order valence-corrected chi connectivity index (χ4v) is 3.81. The lowest BCUT2D eigenvalue weighted by Crippen LogP contribution is -2.52. The smallest absolute Gasteiger partial charge is 0.241 e. The van der Waals surface area contributed by atoms with Gasteiger partial charge in [-0.25, -0.2) is 0 Å². The number of rotatable bonds is 7. The van der Waals surface area contributed by atoms with Gasteiger partial charge in [0.15, 0.2) is 0 Å². The van der Waals surface area contributed by atoms with Gasteiger partial charge in [0, 0.05) is 12.6 Å². The van der Waals surface area contributed by atoms with Crippen molar-refractivity contribution in [1.82, 2.24) is 15.1 Å². The Labute approximate surface area is 130 Å². The van der Waals surface area contributed by atoms with Crippen molar-refractivity contribution in [2.45, 2.75) is 84.0 Å². The van der Waals surface area contributed by atoms with Crippen LogP contribution in [0.15, 0.2) is 0 Å². The van der Waals surface area contributed by atoms with Crippen molar-refractivity contribution < 1.29 is 4.79 Å². The van der Waals surface area contributed by atoms with E-state index in [1.54, 1.807) is 0 Å². The van der Waals surface area contributed by atoms with E-state index in [1.807, 2.05) is 0 Å². The van der Waals surface area contributed by atoms with Crippen LogP contribution in [0.5, 0.6) is 0 Å². The molecule has 2 saturated heterocycles. The lowest BCUT2D eigenvalue weighted by atomic mass is 10.0. The Kier molecular flexibility index (Phi) is 6.49. The second kappa shape index (κ2) is 8.14. The average molecular weight is 295 g/mol. The van der Waals surface area contributed by atoms with E-state index in [4.69, 9.17) is 0 Å². The molecular weight excluding hydrogens is 262 g/mol. The molecule has 0 aromatic rings. The highest BCUT2D eigenvalue weighted by Crippen LogP contribution is 2.25. The molecular formula is C17H33N3O. The molecule has 4 heteroatoms. The molecule has 2 aliphatic rings. The van der Waals surface area contributed by atoms with Gasteiger partial charge in [0.25, 0.3) is 0 Å². The minimum atomic E-state index is 0.0681. The SMILES string of the molecule is CCCCC1NC(CCC)N(C2CCCN(CC)C2)C1=O. The summed E-state index contributed by atoms with van der Waals surface area (Å²) >= 11 is 0. The van der Waals surface area contributed by atoms with Gasteiger partial charge in [-0.1, -0.05) is 40.0 Å². The Hall–Kier alpha value is -0.610. The van der Waals surface area contributed by atoms with Crippen LogP contribution in [-0.4, -0.2) is 53.6 Å². The Morgan fingerprint density at radius 1 is 1.19 bits per heavy atom. The summed E-state index contributed by atoms with van der Waals surface area (Å²) in [5.74, 6) is 0.366. The predicted octanol–water partition coefficient (Wildman–Crippen LogP) is 2.59. The normalized spacial score (nSPS) is 31.1. The molecule has 21 heavy (non-hydrogen) atoms. The van der Waals surface area contributed by atoms with Crippen molar-refractivity contribution in [3.05, 3.63) is 0 Å². The number of carbonyl (C=O) groups excluding carboxylic acids is 1. The molecule has 0 saturated carbocycles. The molecule has 2 rings (SSSR count). The Bertz CT molecular complexity index is 334. The summed E-state index contributed by atoms with van der Waals surface area (Å²) in [6.45, 7) is 9.98. The number of unbranched alkanes of at least 4 members (excludes halogenated alkanes) is 1. The van der Waals surface area contributed by atoms with E-state index < -0.39 is 0 Å². The monoisotopic (exact) mass is 295 g/mol. The molecule has 1 amide bonds. The van der Waals surface area contributed by atoms with Crippen LogP contribution >= 0.6 is 0 Å². The predicted molar refractivity (Wildman–Crippen MR) is 87.1 cm³/mol. The van der Waals surface area contributed by atoms with Gasteiger partial charge in [0.2, 0.25) is 5.91 Å². The molecule has 2 fully saturated rings. The number of hydrogen-bond donors (Lipinski definition) is 1. The van der Waals surface area contributed by atoms with Crippen molar-refractivity contribution in [3.63, 3.8) is 0 Å². The summed E-state index contributed by atoms with van der Waals surface area (Å²) in [4.78, 5) is 17.5. The molecule has 3 atom stereocenters. The van der Waals surface area contributed by atoms with Gasteiger partial charge < -0.3 is 9.80 Å². The van der Waals surface area contributed by atoms with Crippen LogP contribution < -0.4 is 5.32 Å². The fourth-order valence-electron chi connectivity index (χ4n) is 3.81. The standard InChI is InChI=1S/C17H33N3O/c1-4-7-11-15-17(21)20(16(18-15)9-5-2)14-10-8-12-19(6-3)13-14/h14-16,18H,4-13H2,1-3H3. The second-order valence-corrected chi connectivity index (χ2v) is 6.60. The number of likely N-dealkylation sites (tertiary alicyclic amines) is 1. The minimum absolute atomic E-state index is 0.0681. The van der Waals surface area contributed by atoms with E-state index in [0.29, 0.717) is 11.9 Å². The van der Waals surface area contributed by atoms with Crippen molar-refractivity contribution in [2.75, 3.05) is 19.6 Å². The van der Waals surface area contributed by atoms with Gasteiger partial charge in [-0.05, 0) is 38.8 Å². The molecule has 1 N–H and O–H groups in total. The highest BCUT2D eigenvalue weighted by atomic mass is 16.2. The third-order valence-electron chi connectivity index (χ3n) is 5.01. The van der Waals surface area contributed by atoms with Crippen molar-refractivity contribution in [3.8, 4) is 0 Å². The maximum Gasteiger partial charge on any atom is 0.241 e. The maximum absolute atomic E-state index is 12.8. The topological polar surface area (TPSA) is 35.6 Å². The Balaban J connectivity index is 2.04. The van der Waals surface area contributed by atoms with Crippen LogP contribution in [0.4, 0.5) is 0 Å². The lowest BCUT2D eigenvalue weighted by Gasteiger charge is -2.39. The molecule has 4 nitrogen and oxygen atoms in total. The van der Waals surface area contributed by atoms with Crippen molar-refractivity contribution in [2.24, 2.45) is 0 Å². The third-order valence-corrected chi connectivity index (χ3v) is 5.01. The summed E-state index contributed by atoms with van der Waals surface area (Å²) in [6, 6.07) is 0.486. The van der Waals surface area contributed by atoms with Crippen LogP contribution in [-0.2, 0) is 4.79 Å². The number of piperidine rings is 1. The molecule has 122 valence electrons. The number of nitrogens with zero attached hydrogens (tertiary/aromatic N) is 2. The van der Waals surface area contributed by atoms with Gasteiger partial charge in [0.05, 0.1) is 12.2 Å². The van der Waals surface area contributed by atoms with Gasteiger partial charge >= 0.3 is 0 Å². The van der Waals surface area contributed by atoms with Gasteiger partial charge in [-0.3, -0.25) is 10.1 Å². The van der Waals surface area contributed by atoms with Crippen molar-refractivity contribution in [1.29, 1.82) is 0 Å². The largest absolute Gasteiger partial charge is 0.322 e. The highest BCUT2D eigenvalue weighted by molar-refractivity contribution is 5.84. The molecule has 0 spiro atoms. The maximum atomic E-state index is 12.8. The first-order valence-electron chi connectivity index (χ1n) is 9.01. The van der Waals surface area contributed by atoms with Gasteiger partial charge in [-0.2, -0.15) is 0 Å². The summed E-state index contributed by atoms with van der Waals surface area (Å²) in [7, 11) is 0. The minimum Gasteiger partial charge on any atom is -0.322 e. The van der Waals surface area contributed by atoms with Gasteiger partial charge in [0.1, 0.15) is 0 Å². The van der Waals surface area contributed by atoms with E-state index in [-0.39, 0.29) is 12.2 Å². The van der Waals surface area contributed by atoms with E-state index in [1.165, 1.54) is 19.4 Å². The molecule has 2 aliphatic heterocycles. The van der Waals surface area contributed by atoms with Crippen LogP contribution in [0.1, 0.15) is 65.7 Å². The zero-order valence-corrected chi connectivity index (χ0v) is 14.1. The van der Waals surface area contributed by atoms with Crippen molar-refractivity contribution >= 4 is 5.91 Å². The molecule has 0 bridgehead atoms. The quantitative estimate of drug-likeness (QED) is 0.784. The van der Waals surface area contributed by atoms with E-state index in [9.17, 15) is 4.79 Å². The van der Waals surface area contributed by atoms with Gasteiger partial charge in [-0.15, -0.1) is 0 Å². The van der Waals surface area contributed by atoms with Crippen LogP contribution in [0.25, 0.3) is 0 Å². The van der Waals surface area contributed by atoms with E-state index >= 15 is 0 Å². The summed E-state index contributed by atoms with van der Waals surface area (Å²) in [6.07, 6.45) is 8.18. The average Bonchev–Trinajstić information content (AvgIpc) is 2.81. The van der Waals surface area contributed by atoms with E-state index in [0.717, 1.165) is 45.2 Å². The lowest BCUT2D eigenvalue weighted by molar-refractivity contribution is -0.133. The van der Waals surface area contributed by atoms with E-state index in [2.05, 4.69) is 35.9 Å². The first-order chi connectivity index (χ1) is 10.2. The summed E-state index contributed by atoms with van der Waals surface area (Å²) in [5, 5.41) is 3.61. The summed E-state index contributed by atoms with van der Waals surface area (Å²) < 4.78 is 0. The second-order valence-electron chi connectivity index (χ2n) is 6.60. The Morgan fingerprint density at radius 3 is 2.67 bits per heavy atom. The molecule has 0 aromatic carbocycles. The number of amides is 1. The first kappa shape index (κ1) is 16.8. The zero-order chi connectivity index (χ0) is 15.2. The molecule has 0 aromatic heterocycles. The molecule has 0 radical (unpaired) electrons. The third kappa shape index (κ3) is 3.98. The van der Waals surface area contributed by atoms with Crippen LogP contribution in [0.3, 0.4) is 0 Å². The molecule has 3 unspecified atom stereocenters. The van der Waals surface area contributed by atoms with Crippen LogP contribution in [0.2, 0.25) is 0 Å². The zero-order valence-electron chi connectivity index (χ0n) is 14.1.